The number of hydrogen-bond donors (Lipinski definition) is 1. The second-order valence-electron chi connectivity index (χ2n) is 5.73. The highest BCUT2D eigenvalue weighted by molar-refractivity contribution is 5.81. The molecule has 6 heteroatoms. The van der Waals surface area contributed by atoms with E-state index in [0.717, 1.165) is 33.9 Å². The van der Waals surface area contributed by atoms with E-state index >= 15 is 0 Å². The molecule has 3 aromatic rings. The Labute approximate surface area is 152 Å². The molecule has 0 bridgehead atoms. The summed E-state index contributed by atoms with van der Waals surface area (Å²) in [6, 6.07) is 9.76. The van der Waals surface area contributed by atoms with Gasteiger partial charge in [0.25, 0.3) is 0 Å². The van der Waals surface area contributed by atoms with Gasteiger partial charge in [-0.25, -0.2) is 9.50 Å². The van der Waals surface area contributed by atoms with Gasteiger partial charge >= 0.3 is 0 Å². The third kappa shape index (κ3) is 3.80. The second kappa shape index (κ2) is 8.11. The van der Waals surface area contributed by atoms with Crippen LogP contribution in [0.4, 0.5) is 5.82 Å². The van der Waals surface area contributed by atoms with Gasteiger partial charge in [-0.05, 0) is 31.9 Å². The fraction of sp³-hybridized carbons (Fsp3) is 0.150. The predicted octanol–water partition coefficient (Wildman–Crippen LogP) is 3.98. The number of hydrogen-bond acceptors (Lipinski definition) is 5. The maximum Gasteiger partial charge on any atom is 0.165 e. The Bertz CT molecular complexity index is 971. The molecule has 0 saturated heterocycles. The molecule has 132 valence electrons. The Balaban J connectivity index is 1.88. The van der Waals surface area contributed by atoms with Gasteiger partial charge in [0.05, 0.1) is 18.9 Å². The van der Waals surface area contributed by atoms with Crippen molar-refractivity contribution < 1.29 is 4.74 Å². The van der Waals surface area contributed by atoms with E-state index in [9.17, 15) is 0 Å². The van der Waals surface area contributed by atoms with Crippen molar-refractivity contribution in [1.29, 1.82) is 0 Å². The monoisotopic (exact) mass is 347 g/mol. The summed E-state index contributed by atoms with van der Waals surface area (Å²) >= 11 is 0. The summed E-state index contributed by atoms with van der Waals surface area (Å²) in [4.78, 5) is 8.39. The summed E-state index contributed by atoms with van der Waals surface area (Å²) in [7, 11) is 1.66. The Kier molecular flexibility index (Phi) is 5.43. The topological polar surface area (TPSA) is 63.8 Å². The van der Waals surface area contributed by atoms with E-state index < -0.39 is 0 Å². The average Bonchev–Trinajstić information content (AvgIpc) is 3.09. The van der Waals surface area contributed by atoms with Crippen LogP contribution < -0.4 is 10.1 Å². The number of ether oxygens (including phenoxy) is 1. The first kappa shape index (κ1) is 17.4. The van der Waals surface area contributed by atoms with Gasteiger partial charge < -0.3 is 10.1 Å². The van der Waals surface area contributed by atoms with Crippen molar-refractivity contribution in [3.8, 4) is 16.9 Å². The Hall–Kier alpha value is -3.41. The lowest BCUT2D eigenvalue weighted by Crippen LogP contribution is -2.05. The summed E-state index contributed by atoms with van der Waals surface area (Å²) < 4.78 is 7.23. The zero-order chi connectivity index (χ0) is 18.4. The van der Waals surface area contributed by atoms with Crippen LogP contribution in [0.3, 0.4) is 0 Å². The van der Waals surface area contributed by atoms with Crippen LogP contribution in [0, 0.1) is 0 Å². The molecule has 0 saturated carbocycles. The molecule has 1 aromatic carbocycles. The summed E-state index contributed by atoms with van der Waals surface area (Å²) in [5.41, 5.74) is 3.83. The van der Waals surface area contributed by atoms with Crippen LogP contribution in [-0.2, 0) is 0 Å². The molecule has 6 nitrogen and oxygen atoms in total. The fourth-order valence-corrected chi connectivity index (χ4v) is 2.58. The highest BCUT2D eigenvalue weighted by Crippen LogP contribution is 2.32. The highest BCUT2D eigenvalue weighted by atomic mass is 16.5. The molecular weight excluding hydrogens is 326 g/mol. The molecule has 1 N–H and O–H groups in total. The smallest absolute Gasteiger partial charge is 0.165 e. The molecule has 0 amide bonds. The summed E-state index contributed by atoms with van der Waals surface area (Å²) in [5.74, 6) is 1.58. The van der Waals surface area contributed by atoms with E-state index in [-0.39, 0.29) is 0 Å². The van der Waals surface area contributed by atoms with Crippen molar-refractivity contribution >= 4 is 18.2 Å². The third-order valence-corrected chi connectivity index (χ3v) is 3.89. The summed E-state index contributed by atoms with van der Waals surface area (Å²) in [5, 5.41) is 7.72. The van der Waals surface area contributed by atoms with E-state index in [1.165, 1.54) is 0 Å². The SMILES string of the molecule is C=N/C=C\C=C(/C)CNc1ccn2ncc(-c3ccccc3OC)c2n1. The standard InChI is InChI=1S/C20H21N5O/c1-15(7-6-11-21-2)13-22-19-10-12-25-20(24-19)17(14-23-25)16-8-4-5-9-18(16)26-3/h4-12,14H,2,13H2,1,3H3,(H,22,24)/b11-6-,15-7+. The molecular formula is C20H21N5O. The summed E-state index contributed by atoms with van der Waals surface area (Å²) in [6.45, 7) is 6.13. The minimum absolute atomic E-state index is 0.683. The number of allylic oxidation sites excluding steroid dienone is 2. The van der Waals surface area contributed by atoms with Gasteiger partial charge in [-0.1, -0.05) is 29.8 Å². The highest BCUT2D eigenvalue weighted by Gasteiger charge is 2.12. The number of rotatable bonds is 7. The largest absolute Gasteiger partial charge is 0.496 e. The fourth-order valence-electron chi connectivity index (χ4n) is 2.58. The van der Waals surface area contributed by atoms with E-state index in [1.54, 1.807) is 17.8 Å². The van der Waals surface area contributed by atoms with Gasteiger partial charge in [0.15, 0.2) is 5.65 Å². The lowest BCUT2D eigenvalue weighted by molar-refractivity contribution is 0.416. The van der Waals surface area contributed by atoms with Gasteiger partial charge in [0, 0.05) is 24.5 Å². The summed E-state index contributed by atoms with van der Waals surface area (Å²) in [6.07, 6.45) is 9.20. The van der Waals surface area contributed by atoms with Crippen LogP contribution in [0.1, 0.15) is 6.92 Å². The Morgan fingerprint density at radius 1 is 1.31 bits per heavy atom. The first-order valence-corrected chi connectivity index (χ1v) is 8.22. The van der Waals surface area contributed by atoms with Crippen LogP contribution in [0.5, 0.6) is 5.75 Å². The molecule has 0 atom stereocenters. The Morgan fingerprint density at radius 3 is 2.96 bits per heavy atom. The number of methoxy groups -OCH3 is 1. The van der Waals surface area contributed by atoms with Gasteiger partial charge in [-0.3, -0.25) is 4.99 Å². The van der Waals surface area contributed by atoms with Crippen molar-refractivity contribution in [1.82, 2.24) is 14.6 Å². The number of benzene rings is 1. The third-order valence-electron chi connectivity index (χ3n) is 3.89. The zero-order valence-corrected chi connectivity index (χ0v) is 14.9. The predicted molar refractivity (Wildman–Crippen MR) is 106 cm³/mol. The lowest BCUT2D eigenvalue weighted by atomic mass is 10.1. The van der Waals surface area contributed by atoms with Gasteiger partial charge in [0.1, 0.15) is 11.6 Å². The minimum atomic E-state index is 0.683. The molecule has 2 aromatic heterocycles. The Morgan fingerprint density at radius 2 is 2.15 bits per heavy atom. The number of aromatic nitrogens is 3. The van der Waals surface area contributed by atoms with Crippen molar-refractivity contribution in [2.75, 3.05) is 19.0 Å². The minimum Gasteiger partial charge on any atom is -0.496 e. The van der Waals surface area contributed by atoms with Gasteiger partial charge in [-0.2, -0.15) is 5.10 Å². The normalized spacial score (nSPS) is 11.8. The molecule has 0 aliphatic carbocycles. The molecule has 2 heterocycles. The van der Waals surface area contributed by atoms with E-state index in [2.05, 4.69) is 22.1 Å². The first-order valence-electron chi connectivity index (χ1n) is 8.22. The van der Waals surface area contributed by atoms with E-state index in [1.807, 2.05) is 61.8 Å². The quantitative estimate of drug-likeness (QED) is 0.519. The average molecular weight is 347 g/mol. The maximum absolute atomic E-state index is 5.47. The molecule has 0 aliphatic rings. The van der Waals surface area contributed by atoms with E-state index in [0.29, 0.717) is 6.54 Å². The van der Waals surface area contributed by atoms with Crippen LogP contribution in [0.25, 0.3) is 16.8 Å². The number of fused-ring (bicyclic) bond motifs is 1. The van der Waals surface area contributed by atoms with Crippen molar-refractivity contribution in [2.24, 2.45) is 4.99 Å². The van der Waals surface area contributed by atoms with Crippen molar-refractivity contribution in [2.45, 2.75) is 6.92 Å². The zero-order valence-electron chi connectivity index (χ0n) is 14.9. The molecule has 26 heavy (non-hydrogen) atoms. The van der Waals surface area contributed by atoms with Gasteiger partial charge in [0.2, 0.25) is 0 Å². The number of anilines is 1. The molecule has 0 radical (unpaired) electrons. The van der Waals surface area contributed by atoms with Crippen LogP contribution in [0.2, 0.25) is 0 Å². The van der Waals surface area contributed by atoms with Gasteiger partial charge in [-0.15, -0.1) is 0 Å². The van der Waals surface area contributed by atoms with Crippen LogP contribution >= 0.6 is 0 Å². The van der Waals surface area contributed by atoms with Crippen LogP contribution in [0.15, 0.2) is 71.6 Å². The lowest BCUT2D eigenvalue weighted by Gasteiger charge is -2.08. The van der Waals surface area contributed by atoms with Crippen molar-refractivity contribution in [3.05, 3.63) is 66.7 Å². The number of aliphatic imine (C=N–C) groups is 1. The molecule has 3 rings (SSSR count). The second-order valence-corrected chi connectivity index (χ2v) is 5.73. The first-order chi connectivity index (χ1) is 12.7. The number of nitrogens with zero attached hydrogens (tertiary/aromatic N) is 4. The van der Waals surface area contributed by atoms with E-state index in [4.69, 9.17) is 9.72 Å². The molecule has 0 fully saturated rings. The maximum atomic E-state index is 5.47. The number of para-hydroxylation sites is 1. The number of nitrogens with one attached hydrogen (secondary N) is 1. The molecule has 0 aliphatic heterocycles. The van der Waals surface area contributed by atoms with Crippen LogP contribution in [-0.4, -0.2) is 35.0 Å². The van der Waals surface area contributed by atoms with Crippen molar-refractivity contribution in [3.63, 3.8) is 0 Å². The molecule has 0 spiro atoms. The molecule has 0 unspecified atom stereocenters.